The van der Waals surface area contributed by atoms with Gasteiger partial charge in [0.1, 0.15) is 11.0 Å². The second-order valence-electron chi connectivity index (χ2n) is 4.48. The van der Waals surface area contributed by atoms with E-state index in [1.165, 1.54) is 18.3 Å². The van der Waals surface area contributed by atoms with Crippen molar-refractivity contribution in [1.29, 1.82) is 5.26 Å². The molecule has 0 aliphatic carbocycles. The Morgan fingerprint density at radius 1 is 1.19 bits per heavy atom. The molecule has 0 saturated heterocycles. The number of pyridine rings is 1. The van der Waals surface area contributed by atoms with E-state index in [-0.39, 0.29) is 10.6 Å². The molecule has 0 atom stereocenters. The van der Waals surface area contributed by atoms with E-state index in [4.69, 9.17) is 5.26 Å². The number of nitrogens with zero attached hydrogens (tertiary/aromatic N) is 3. The Morgan fingerprint density at radius 3 is 2.57 bits per heavy atom. The first-order valence-electron chi connectivity index (χ1n) is 6.10. The van der Waals surface area contributed by atoms with Gasteiger partial charge in [-0.05, 0) is 24.3 Å². The molecule has 0 unspecified atom stereocenters. The molecule has 0 aliphatic heterocycles. The maximum Gasteiger partial charge on any atom is 0.264 e. The van der Waals surface area contributed by atoms with Crippen LogP contribution in [-0.2, 0) is 10.0 Å². The van der Waals surface area contributed by atoms with Crippen LogP contribution in [0.1, 0.15) is 5.69 Å². The molecule has 2 aromatic rings. The number of para-hydroxylation sites is 2. The molecule has 2 rings (SSSR count). The van der Waals surface area contributed by atoms with Gasteiger partial charge in [0.2, 0.25) is 0 Å². The zero-order valence-electron chi connectivity index (χ0n) is 11.6. The molecular weight excluding hydrogens is 288 g/mol. The van der Waals surface area contributed by atoms with Gasteiger partial charge in [-0.15, -0.1) is 0 Å². The fourth-order valence-electron chi connectivity index (χ4n) is 1.84. The van der Waals surface area contributed by atoms with Crippen LogP contribution in [0.15, 0.2) is 47.5 Å². The van der Waals surface area contributed by atoms with Crippen LogP contribution in [0.3, 0.4) is 0 Å². The van der Waals surface area contributed by atoms with Crippen LogP contribution < -0.4 is 9.62 Å². The van der Waals surface area contributed by atoms with Crippen molar-refractivity contribution in [1.82, 2.24) is 4.98 Å². The number of aromatic nitrogens is 1. The van der Waals surface area contributed by atoms with Crippen molar-refractivity contribution in [2.45, 2.75) is 4.90 Å². The molecular formula is C14H14N4O2S. The highest BCUT2D eigenvalue weighted by atomic mass is 32.2. The van der Waals surface area contributed by atoms with Gasteiger partial charge >= 0.3 is 0 Å². The minimum atomic E-state index is -3.87. The normalized spacial score (nSPS) is 10.7. The fraction of sp³-hybridized carbons (Fsp3) is 0.143. The number of hydrogen-bond donors (Lipinski definition) is 1. The van der Waals surface area contributed by atoms with Crippen LogP contribution in [0, 0.1) is 11.3 Å². The summed E-state index contributed by atoms with van der Waals surface area (Å²) in [6.07, 6.45) is 1.38. The van der Waals surface area contributed by atoms with Gasteiger partial charge in [0.15, 0.2) is 5.69 Å². The molecule has 0 fully saturated rings. The lowest BCUT2D eigenvalue weighted by Gasteiger charge is -2.18. The van der Waals surface area contributed by atoms with E-state index < -0.39 is 10.0 Å². The van der Waals surface area contributed by atoms with Crippen LogP contribution in [0.4, 0.5) is 11.4 Å². The van der Waals surface area contributed by atoms with Gasteiger partial charge in [-0.3, -0.25) is 4.72 Å². The molecule has 1 aromatic carbocycles. The molecule has 1 N–H and O–H groups in total. The van der Waals surface area contributed by atoms with Crippen LogP contribution >= 0.6 is 0 Å². The third kappa shape index (κ3) is 3.12. The highest BCUT2D eigenvalue weighted by Gasteiger charge is 2.20. The monoisotopic (exact) mass is 302 g/mol. The average Bonchev–Trinajstić information content (AvgIpc) is 2.47. The Balaban J connectivity index is 2.46. The summed E-state index contributed by atoms with van der Waals surface area (Å²) >= 11 is 0. The quantitative estimate of drug-likeness (QED) is 0.931. The van der Waals surface area contributed by atoms with Crippen LogP contribution in [-0.4, -0.2) is 27.5 Å². The second-order valence-corrected chi connectivity index (χ2v) is 6.13. The molecule has 108 valence electrons. The highest BCUT2D eigenvalue weighted by Crippen LogP contribution is 2.26. The zero-order chi connectivity index (χ0) is 15.5. The number of rotatable bonds is 4. The molecule has 21 heavy (non-hydrogen) atoms. The molecule has 0 amide bonds. The molecule has 7 heteroatoms. The standard InChI is InChI=1S/C14H14N4O2S/c1-18(2)13-7-4-3-6-11(13)17-21(19,20)14-8-5-9-16-12(14)10-15/h3-9,17H,1-2H3. The molecule has 0 spiro atoms. The van der Waals surface area contributed by atoms with E-state index in [2.05, 4.69) is 9.71 Å². The summed E-state index contributed by atoms with van der Waals surface area (Å²) in [5.74, 6) is 0. The van der Waals surface area contributed by atoms with Crippen molar-refractivity contribution in [3.8, 4) is 6.07 Å². The lowest BCUT2D eigenvalue weighted by molar-refractivity contribution is 0.600. The Hall–Kier alpha value is -2.59. The minimum absolute atomic E-state index is 0.132. The number of benzene rings is 1. The summed E-state index contributed by atoms with van der Waals surface area (Å²) in [5.41, 5.74) is 1.03. The van der Waals surface area contributed by atoms with Crippen molar-refractivity contribution < 1.29 is 8.42 Å². The number of sulfonamides is 1. The maximum atomic E-state index is 12.4. The number of nitriles is 1. The molecule has 0 radical (unpaired) electrons. The topological polar surface area (TPSA) is 86.1 Å². The zero-order valence-corrected chi connectivity index (χ0v) is 12.4. The van der Waals surface area contributed by atoms with Crippen molar-refractivity contribution in [2.24, 2.45) is 0 Å². The Labute approximate surface area is 123 Å². The lowest BCUT2D eigenvalue weighted by atomic mass is 10.2. The van der Waals surface area contributed by atoms with Gasteiger partial charge in [-0.25, -0.2) is 13.4 Å². The Bertz CT molecular complexity index is 795. The first-order chi connectivity index (χ1) is 9.95. The van der Waals surface area contributed by atoms with E-state index in [1.54, 1.807) is 29.2 Å². The minimum Gasteiger partial charge on any atom is -0.376 e. The van der Waals surface area contributed by atoms with Crippen LogP contribution in [0.2, 0.25) is 0 Å². The van der Waals surface area contributed by atoms with Gasteiger partial charge in [0.05, 0.1) is 11.4 Å². The van der Waals surface area contributed by atoms with E-state index in [9.17, 15) is 8.42 Å². The highest BCUT2D eigenvalue weighted by molar-refractivity contribution is 7.92. The van der Waals surface area contributed by atoms with Gasteiger partial charge in [0, 0.05) is 20.3 Å². The number of hydrogen-bond acceptors (Lipinski definition) is 5. The summed E-state index contributed by atoms with van der Waals surface area (Å²) in [4.78, 5) is 5.43. The third-order valence-corrected chi connectivity index (χ3v) is 4.19. The van der Waals surface area contributed by atoms with Crippen molar-refractivity contribution in [3.05, 3.63) is 48.3 Å². The smallest absolute Gasteiger partial charge is 0.264 e. The van der Waals surface area contributed by atoms with E-state index >= 15 is 0 Å². The average molecular weight is 302 g/mol. The largest absolute Gasteiger partial charge is 0.376 e. The van der Waals surface area contributed by atoms with Gasteiger partial charge < -0.3 is 4.90 Å². The molecule has 0 aliphatic rings. The van der Waals surface area contributed by atoms with Crippen molar-refractivity contribution >= 4 is 21.4 Å². The molecule has 1 heterocycles. The molecule has 6 nitrogen and oxygen atoms in total. The predicted octanol–water partition coefficient (Wildman–Crippen LogP) is 1.82. The van der Waals surface area contributed by atoms with Crippen molar-refractivity contribution in [2.75, 3.05) is 23.7 Å². The molecule has 1 aromatic heterocycles. The van der Waals surface area contributed by atoms with Gasteiger partial charge in [0.25, 0.3) is 10.0 Å². The van der Waals surface area contributed by atoms with Crippen molar-refractivity contribution in [3.63, 3.8) is 0 Å². The Kier molecular flexibility index (Phi) is 4.10. The first kappa shape index (κ1) is 14.8. The van der Waals surface area contributed by atoms with Gasteiger partial charge in [-0.1, -0.05) is 12.1 Å². The first-order valence-corrected chi connectivity index (χ1v) is 7.58. The second kappa shape index (κ2) is 5.81. The molecule has 0 bridgehead atoms. The number of nitrogens with one attached hydrogen (secondary N) is 1. The summed E-state index contributed by atoms with van der Waals surface area (Å²) in [6, 6.07) is 11.6. The molecule has 0 saturated carbocycles. The Morgan fingerprint density at radius 2 is 1.90 bits per heavy atom. The summed E-state index contributed by atoms with van der Waals surface area (Å²) in [6.45, 7) is 0. The lowest BCUT2D eigenvalue weighted by Crippen LogP contribution is -2.18. The summed E-state index contributed by atoms with van der Waals surface area (Å²) < 4.78 is 27.4. The third-order valence-electron chi connectivity index (χ3n) is 2.80. The van der Waals surface area contributed by atoms with Crippen LogP contribution in [0.5, 0.6) is 0 Å². The fourth-order valence-corrected chi connectivity index (χ4v) is 3.02. The van der Waals surface area contributed by atoms with E-state index in [1.807, 2.05) is 20.2 Å². The predicted molar refractivity (Wildman–Crippen MR) is 80.5 cm³/mol. The van der Waals surface area contributed by atoms with E-state index in [0.717, 1.165) is 5.69 Å². The number of anilines is 2. The van der Waals surface area contributed by atoms with E-state index in [0.29, 0.717) is 5.69 Å². The summed E-state index contributed by atoms with van der Waals surface area (Å²) in [5, 5.41) is 8.98. The SMILES string of the molecule is CN(C)c1ccccc1NS(=O)(=O)c1cccnc1C#N. The van der Waals surface area contributed by atoms with Crippen LogP contribution in [0.25, 0.3) is 0 Å². The maximum absolute atomic E-state index is 12.4. The summed E-state index contributed by atoms with van der Waals surface area (Å²) in [7, 11) is -0.239. The van der Waals surface area contributed by atoms with Gasteiger partial charge in [-0.2, -0.15) is 5.26 Å².